The fraction of sp³-hybridized carbons (Fsp3) is 0.500. The summed E-state index contributed by atoms with van der Waals surface area (Å²) in [6, 6.07) is 5.82. The molecule has 1 saturated heterocycles. The molecule has 0 amide bonds. The van der Waals surface area contributed by atoms with Crippen molar-refractivity contribution >= 4 is 16.0 Å². The molecule has 0 spiro atoms. The van der Waals surface area contributed by atoms with E-state index >= 15 is 0 Å². The molecule has 1 aliphatic rings. The molecule has 7 nitrogen and oxygen atoms in total. The number of benzene rings is 1. The van der Waals surface area contributed by atoms with Gasteiger partial charge in [-0.05, 0) is 37.1 Å². The number of rotatable bonds is 7. The van der Waals surface area contributed by atoms with E-state index in [0.717, 1.165) is 12.8 Å². The zero-order valence-electron chi connectivity index (χ0n) is 12.3. The molecular formula is C14H19NO6S. The van der Waals surface area contributed by atoms with E-state index in [1.54, 1.807) is 0 Å². The first kappa shape index (κ1) is 16.7. The van der Waals surface area contributed by atoms with Crippen molar-refractivity contribution < 1.29 is 27.4 Å². The summed E-state index contributed by atoms with van der Waals surface area (Å²) in [5.74, 6) is -0.113. The molecule has 1 aromatic carbocycles. The van der Waals surface area contributed by atoms with Crippen molar-refractivity contribution in [3.05, 3.63) is 24.3 Å². The monoisotopic (exact) mass is 329 g/mol. The van der Waals surface area contributed by atoms with Gasteiger partial charge in [-0.25, -0.2) is 17.9 Å². The Labute approximate surface area is 129 Å². The molecule has 0 aliphatic carbocycles. The molecule has 0 bridgehead atoms. The lowest BCUT2D eigenvalue weighted by molar-refractivity contribution is -0.142. The Balaban J connectivity index is 1.91. The van der Waals surface area contributed by atoms with E-state index in [1.807, 2.05) is 0 Å². The summed E-state index contributed by atoms with van der Waals surface area (Å²) in [7, 11) is -2.31. The molecule has 1 heterocycles. The summed E-state index contributed by atoms with van der Waals surface area (Å²) in [6.45, 7) is 0.724. The minimum atomic E-state index is -3.58. The van der Waals surface area contributed by atoms with E-state index in [9.17, 15) is 13.2 Å². The van der Waals surface area contributed by atoms with Gasteiger partial charge in [0.05, 0.1) is 18.1 Å². The lowest BCUT2D eigenvalue weighted by Crippen LogP contribution is -2.31. The van der Waals surface area contributed by atoms with Gasteiger partial charge in [0, 0.05) is 13.2 Å². The van der Waals surface area contributed by atoms with Crippen LogP contribution in [0.25, 0.3) is 0 Å². The van der Waals surface area contributed by atoms with Crippen LogP contribution in [0.2, 0.25) is 0 Å². The second-order valence-electron chi connectivity index (χ2n) is 4.82. The average Bonchev–Trinajstić information content (AvgIpc) is 3.04. The van der Waals surface area contributed by atoms with Gasteiger partial charge in [-0.15, -0.1) is 0 Å². The summed E-state index contributed by atoms with van der Waals surface area (Å²) in [4.78, 5) is 11.1. The quantitative estimate of drug-likeness (QED) is 0.740. The van der Waals surface area contributed by atoms with Gasteiger partial charge in [-0.1, -0.05) is 0 Å². The van der Waals surface area contributed by atoms with E-state index in [-0.39, 0.29) is 24.2 Å². The highest BCUT2D eigenvalue weighted by molar-refractivity contribution is 7.89. The van der Waals surface area contributed by atoms with Gasteiger partial charge < -0.3 is 14.2 Å². The van der Waals surface area contributed by atoms with Gasteiger partial charge in [0.2, 0.25) is 10.0 Å². The highest BCUT2D eigenvalue weighted by Gasteiger charge is 2.20. The molecule has 122 valence electrons. The standard InChI is InChI=1S/C14H19NO6S/c1-19-14(16)10-21-11-4-6-13(7-5-11)22(17,18)15-9-12-3-2-8-20-12/h4-7,12,15H,2-3,8-10H2,1H3/t12-/m1/s1. The second kappa shape index (κ2) is 7.57. The van der Waals surface area contributed by atoms with Crippen LogP contribution >= 0.6 is 0 Å². The molecule has 8 heteroatoms. The predicted octanol–water partition coefficient (Wildman–Crippen LogP) is 0.696. The number of carbonyl (C=O) groups is 1. The topological polar surface area (TPSA) is 90.9 Å². The van der Waals surface area contributed by atoms with Crippen LogP contribution in [0, 0.1) is 0 Å². The SMILES string of the molecule is COC(=O)COc1ccc(S(=O)(=O)NC[C@H]2CCCO2)cc1. The minimum Gasteiger partial charge on any atom is -0.482 e. The number of sulfonamides is 1. The zero-order chi connectivity index (χ0) is 16.0. The Morgan fingerprint density at radius 1 is 1.36 bits per heavy atom. The number of ether oxygens (including phenoxy) is 3. The molecule has 1 fully saturated rings. The molecule has 0 saturated carbocycles. The number of methoxy groups -OCH3 is 1. The Morgan fingerprint density at radius 3 is 2.68 bits per heavy atom. The normalized spacial score (nSPS) is 18.1. The summed E-state index contributed by atoms with van der Waals surface area (Å²) >= 11 is 0. The molecule has 1 aromatic rings. The molecule has 1 atom stereocenters. The van der Waals surface area contributed by atoms with Crippen molar-refractivity contribution in [2.24, 2.45) is 0 Å². The maximum Gasteiger partial charge on any atom is 0.343 e. The molecule has 2 rings (SSSR count). The lowest BCUT2D eigenvalue weighted by atomic mass is 10.2. The maximum atomic E-state index is 12.1. The van der Waals surface area contributed by atoms with Crippen molar-refractivity contribution in [2.45, 2.75) is 23.8 Å². The van der Waals surface area contributed by atoms with Crippen molar-refractivity contribution in [2.75, 3.05) is 26.9 Å². The first-order valence-corrected chi connectivity index (χ1v) is 8.40. The summed E-state index contributed by atoms with van der Waals surface area (Å²) < 4.78 is 41.8. The number of nitrogens with one attached hydrogen (secondary N) is 1. The molecule has 1 aliphatic heterocycles. The highest BCUT2D eigenvalue weighted by atomic mass is 32.2. The highest BCUT2D eigenvalue weighted by Crippen LogP contribution is 2.17. The summed E-state index contributed by atoms with van der Waals surface area (Å²) in [6.07, 6.45) is 1.76. The number of carbonyl (C=O) groups excluding carboxylic acids is 1. The van der Waals surface area contributed by atoms with Gasteiger partial charge in [0.15, 0.2) is 6.61 Å². The second-order valence-corrected chi connectivity index (χ2v) is 6.59. The number of hydrogen-bond donors (Lipinski definition) is 1. The van der Waals surface area contributed by atoms with Crippen LogP contribution < -0.4 is 9.46 Å². The van der Waals surface area contributed by atoms with Gasteiger partial charge in [-0.3, -0.25) is 0 Å². The van der Waals surface area contributed by atoms with Crippen molar-refractivity contribution in [1.82, 2.24) is 4.72 Å². The third-order valence-corrected chi connectivity index (χ3v) is 4.68. The molecule has 0 radical (unpaired) electrons. The van der Waals surface area contributed by atoms with Crippen LogP contribution in [0.1, 0.15) is 12.8 Å². The zero-order valence-corrected chi connectivity index (χ0v) is 13.1. The van der Waals surface area contributed by atoms with Crippen LogP contribution in [0.15, 0.2) is 29.2 Å². The Kier molecular flexibility index (Phi) is 5.76. The fourth-order valence-corrected chi connectivity index (χ4v) is 3.07. The molecule has 0 unspecified atom stereocenters. The van der Waals surface area contributed by atoms with E-state index in [4.69, 9.17) is 9.47 Å². The molecular weight excluding hydrogens is 310 g/mol. The van der Waals surface area contributed by atoms with Crippen LogP contribution in [0.5, 0.6) is 5.75 Å². The minimum absolute atomic E-state index is 0.0579. The molecule has 1 N–H and O–H groups in total. The van der Waals surface area contributed by atoms with Gasteiger partial charge in [-0.2, -0.15) is 0 Å². The number of hydrogen-bond acceptors (Lipinski definition) is 6. The first-order chi connectivity index (χ1) is 10.5. The third-order valence-electron chi connectivity index (χ3n) is 3.24. The summed E-state index contributed by atoms with van der Waals surface area (Å²) in [5.41, 5.74) is 0. The number of esters is 1. The van der Waals surface area contributed by atoms with E-state index < -0.39 is 16.0 Å². The third kappa shape index (κ3) is 4.69. The van der Waals surface area contributed by atoms with Crippen LogP contribution in [-0.2, 0) is 24.3 Å². The van der Waals surface area contributed by atoms with Crippen LogP contribution in [0.4, 0.5) is 0 Å². The molecule has 22 heavy (non-hydrogen) atoms. The molecule has 0 aromatic heterocycles. The smallest absolute Gasteiger partial charge is 0.343 e. The summed E-state index contributed by atoms with van der Waals surface area (Å²) in [5, 5.41) is 0. The Hall–Kier alpha value is -1.64. The average molecular weight is 329 g/mol. The van der Waals surface area contributed by atoms with Gasteiger partial charge in [0.25, 0.3) is 0 Å². The van der Waals surface area contributed by atoms with Gasteiger partial charge >= 0.3 is 5.97 Å². The Bertz CT molecular complexity index is 592. The van der Waals surface area contributed by atoms with Crippen molar-refractivity contribution in [3.8, 4) is 5.75 Å². The first-order valence-electron chi connectivity index (χ1n) is 6.92. The lowest BCUT2D eigenvalue weighted by Gasteiger charge is -2.12. The van der Waals surface area contributed by atoms with Crippen molar-refractivity contribution in [3.63, 3.8) is 0 Å². The van der Waals surface area contributed by atoms with E-state index in [2.05, 4.69) is 9.46 Å². The predicted molar refractivity (Wildman–Crippen MR) is 78.1 cm³/mol. The maximum absolute atomic E-state index is 12.1. The van der Waals surface area contributed by atoms with Crippen molar-refractivity contribution in [1.29, 1.82) is 0 Å². The Morgan fingerprint density at radius 2 is 2.09 bits per heavy atom. The fourth-order valence-electron chi connectivity index (χ4n) is 2.01. The largest absolute Gasteiger partial charge is 0.482 e. The van der Waals surface area contributed by atoms with Crippen LogP contribution in [-0.4, -0.2) is 47.4 Å². The van der Waals surface area contributed by atoms with Crippen LogP contribution in [0.3, 0.4) is 0 Å². The van der Waals surface area contributed by atoms with E-state index in [0.29, 0.717) is 12.4 Å². The van der Waals surface area contributed by atoms with Gasteiger partial charge in [0.1, 0.15) is 5.75 Å². The van der Waals surface area contributed by atoms with E-state index in [1.165, 1.54) is 31.4 Å².